The fraction of sp³-hybridized carbons (Fsp3) is 0.517. The van der Waals surface area contributed by atoms with Crippen molar-refractivity contribution >= 4 is 11.9 Å². The molecule has 0 aromatic heterocycles. The van der Waals surface area contributed by atoms with Crippen LogP contribution in [-0.4, -0.2) is 23.1 Å². The maximum absolute atomic E-state index is 12.2. The first-order valence-electron chi connectivity index (χ1n) is 12.6. The number of fused-ring (bicyclic) bond motifs is 5. The number of carbonyl (C=O) groups is 2. The molecule has 180 valence electrons. The van der Waals surface area contributed by atoms with E-state index in [9.17, 15) is 9.59 Å². The van der Waals surface area contributed by atoms with Crippen LogP contribution in [0.15, 0.2) is 48.5 Å². The van der Waals surface area contributed by atoms with E-state index in [0.29, 0.717) is 24.4 Å². The maximum Gasteiger partial charge on any atom is 0.306 e. The molecule has 0 heterocycles. The van der Waals surface area contributed by atoms with Crippen LogP contribution in [0.4, 0.5) is 0 Å². The third-order valence-corrected chi connectivity index (χ3v) is 8.68. The smallest absolute Gasteiger partial charge is 0.306 e. The zero-order chi connectivity index (χ0) is 23.7. The lowest BCUT2D eigenvalue weighted by molar-refractivity contribution is -0.159. The normalized spacial score (nSPS) is 29.4. The molecule has 34 heavy (non-hydrogen) atoms. The van der Waals surface area contributed by atoms with Gasteiger partial charge in [0.05, 0.1) is 12.8 Å². The average molecular weight is 463 g/mol. The fourth-order valence-corrected chi connectivity index (χ4v) is 6.96. The predicted molar refractivity (Wildman–Crippen MR) is 129 cm³/mol. The fourth-order valence-electron chi connectivity index (χ4n) is 6.96. The van der Waals surface area contributed by atoms with Crippen molar-refractivity contribution in [3.05, 3.63) is 65.2 Å². The third kappa shape index (κ3) is 4.45. The first-order valence-corrected chi connectivity index (χ1v) is 12.6. The highest BCUT2D eigenvalue weighted by atomic mass is 16.5. The van der Waals surface area contributed by atoms with Gasteiger partial charge < -0.3 is 14.6 Å². The Balaban J connectivity index is 1.25. The molecule has 2 aromatic rings. The molecular weight excluding hydrogens is 428 g/mol. The standard InChI is InChI=1S/C29H34O5/c1-29-16-15-23-22-10-8-21(33-18-19-5-3-2-4-6-19)17-20(22)7-9-24(23)25(29)11-12-26(29)34-28(32)14-13-27(30)31/h2-6,8,10,17,23-26H,7,9,11-16,18H2,1H3,(H,30,31)/t23-,24-,25+,26+,29+/m1/s1. The molecule has 0 bridgehead atoms. The molecule has 3 aliphatic carbocycles. The molecule has 2 aromatic carbocycles. The van der Waals surface area contributed by atoms with Gasteiger partial charge in [0.25, 0.3) is 0 Å². The summed E-state index contributed by atoms with van der Waals surface area (Å²) in [6, 6.07) is 16.9. The third-order valence-electron chi connectivity index (χ3n) is 8.68. The predicted octanol–water partition coefficient (Wildman–Crippen LogP) is 5.90. The molecule has 5 nitrogen and oxygen atoms in total. The van der Waals surface area contributed by atoms with Crippen LogP contribution >= 0.6 is 0 Å². The zero-order valence-corrected chi connectivity index (χ0v) is 19.9. The Labute approximate surface area is 201 Å². The van der Waals surface area contributed by atoms with Crippen molar-refractivity contribution in [1.82, 2.24) is 0 Å². The van der Waals surface area contributed by atoms with Crippen molar-refractivity contribution in [2.24, 2.45) is 17.3 Å². The summed E-state index contributed by atoms with van der Waals surface area (Å²) in [7, 11) is 0. The van der Waals surface area contributed by atoms with Crippen molar-refractivity contribution in [2.45, 2.75) is 76.9 Å². The van der Waals surface area contributed by atoms with Gasteiger partial charge in [-0.25, -0.2) is 0 Å². The second kappa shape index (κ2) is 9.44. The van der Waals surface area contributed by atoms with Crippen LogP contribution in [0.1, 0.15) is 74.5 Å². The van der Waals surface area contributed by atoms with E-state index in [4.69, 9.17) is 14.6 Å². The lowest BCUT2D eigenvalue weighted by Gasteiger charge is -2.50. The molecule has 5 rings (SSSR count). The van der Waals surface area contributed by atoms with Crippen LogP contribution in [0.5, 0.6) is 5.75 Å². The molecule has 0 saturated heterocycles. The van der Waals surface area contributed by atoms with Gasteiger partial charge >= 0.3 is 11.9 Å². The van der Waals surface area contributed by atoms with Gasteiger partial charge in [-0.2, -0.15) is 0 Å². The largest absolute Gasteiger partial charge is 0.489 e. The van der Waals surface area contributed by atoms with Gasteiger partial charge in [0.15, 0.2) is 0 Å². The quantitative estimate of drug-likeness (QED) is 0.519. The Morgan fingerprint density at radius 1 is 1.03 bits per heavy atom. The number of hydrogen-bond acceptors (Lipinski definition) is 4. The van der Waals surface area contributed by atoms with E-state index in [1.165, 1.54) is 23.1 Å². The highest BCUT2D eigenvalue weighted by molar-refractivity contribution is 5.76. The SMILES string of the molecule is C[C@]12CC[C@@H]3c4ccc(OCc5ccccc5)cc4CC[C@H]3[C@@H]1CC[C@@H]2OC(=O)CCC(=O)O. The lowest BCUT2D eigenvalue weighted by Crippen LogP contribution is -2.45. The molecule has 0 aliphatic heterocycles. The summed E-state index contributed by atoms with van der Waals surface area (Å²) in [6.45, 7) is 2.88. The number of benzene rings is 2. The number of ether oxygens (including phenoxy) is 2. The number of esters is 1. The average Bonchev–Trinajstić information content (AvgIpc) is 3.17. The van der Waals surface area contributed by atoms with Gasteiger partial charge in [-0.1, -0.05) is 43.3 Å². The molecule has 2 saturated carbocycles. The second-order valence-electron chi connectivity index (χ2n) is 10.5. The van der Waals surface area contributed by atoms with E-state index in [1.54, 1.807) is 0 Å². The number of aliphatic carboxylic acids is 1. The maximum atomic E-state index is 12.2. The molecule has 0 amide bonds. The van der Waals surface area contributed by atoms with Crippen LogP contribution < -0.4 is 4.74 Å². The monoisotopic (exact) mass is 462 g/mol. The van der Waals surface area contributed by atoms with Crippen LogP contribution in [-0.2, 0) is 27.4 Å². The Morgan fingerprint density at radius 3 is 2.65 bits per heavy atom. The highest BCUT2D eigenvalue weighted by Gasteiger charge is 2.56. The van der Waals surface area contributed by atoms with E-state index >= 15 is 0 Å². The number of carboxylic acids is 1. The van der Waals surface area contributed by atoms with Gasteiger partial charge in [0.2, 0.25) is 0 Å². The van der Waals surface area contributed by atoms with E-state index in [-0.39, 0.29) is 30.3 Å². The number of rotatable bonds is 7. The van der Waals surface area contributed by atoms with Gasteiger partial charge in [0.1, 0.15) is 18.5 Å². The number of carbonyl (C=O) groups excluding carboxylic acids is 1. The van der Waals surface area contributed by atoms with E-state index in [1.807, 2.05) is 18.2 Å². The Morgan fingerprint density at radius 2 is 1.85 bits per heavy atom. The minimum absolute atomic E-state index is 0.00368. The summed E-state index contributed by atoms with van der Waals surface area (Å²) in [4.78, 5) is 23.0. The minimum atomic E-state index is -0.956. The highest BCUT2D eigenvalue weighted by Crippen LogP contribution is 2.61. The van der Waals surface area contributed by atoms with Crippen LogP contribution in [0.3, 0.4) is 0 Å². The van der Waals surface area contributed by atoms with E-state index < -0.39 is 5.97 Å². The molecule has 3 aliphatic rings. The van der Waals surface area contributed by atoms with Crippen LogP contribution in [0.25, 0.3) is 0 Å². The second-order valence-corrected chi connectivity index (χ2v) is 10.5. The van der Waals surface area contributed by atoms with Gasteiger partial charge in [0, 0.05) is 5.41 Å². The molecule has 0 radical (unpaired) electrons. The van der Waals surface area contributed by atoms with Gasteiger partial charge in [-0.05, 0) is 85.1 Å². The summed E-state index contributed by atoms with van der Waals surface area (Å²) in [6.07, 6.45) is 6.07. The topological polar surface area (TPSA) is 72.8 Å². The molecule has 0 spiro atoms. The van der Waals surface area contributed by atoms with Crippen LogP contribution in [0.2, 0.25) is 0 Å². The van der Waals surface area contributed by atoms with E-state index in [0.717, 1.165) is 37.9 Å². The van der Waals surface area contributed by atoms with Gasteiger partial charge in [-0.3, -0.25) is 9.59 Å². The molecule has 5 atom stereocenters. The first-order chi connectivity index (χ1) is 16.4. The summed E-state index contributed by atoms with van der Waals surface area (Å²) in [5.74, 6) is 1.34. The lowest BCUT2D eigenvalue weighted by atomic mass is 9.55. The summed E-state index contributed by atoms with van der Waals surface area (Å²) in [5, 5.41) is 8.85. The Bertz CT molecular complexity index is 1050. The molecule has 1 N–H and O–H groups in total. The van der Waals surface area contributed by atoms with Crippen molar-refractivity contribution < 1.29 is 24.2 Å². The number of aryl methyl sites for hydroxylation is 1. The van der Waals surface area contributed by atoms with Crippen molar-refractivity contribution in [2.75, 3.05) is 0 Å². The molecule has 5 heteroatoms. The Kier molecular flexibility index (Phi) is 6.37. The summed E-state index contributed by atoms with van der Waals surface area (Å²) in [5.41, 5.74) is 4.07. The van der Waals surface area contributed by atoms with Crippen molar-refractivity contribution in [1.29, 1.82) is 0 Å². The summed E-state index contributed by atoms with van der Waals surface area (Å²) >= 11 is 0. The zero-order valence-electron chi connectivity index (χ0n) is 19.9. The van der Waals surface area contributed by atoms with Crippen LogP contribution in [0, 0.1) is 17.3 Å². The first kappa shape index (κ1) is 22.9. The van der Waals surface area contributed by atoms with Gasteiger partial charge in [-0.15, -0.1) is 0 Å². The molecule has 0 unspecified atom stereocenters. The Hall–Kier alpha value is -2.82. The molecule has 2 fully saturated rings. The van der Waals surface area contributed by atoms with E-state index in [2.05, 4.69) is 37.3 Å². The number of hydrogen-bond donors (Lipinski definition) is 1. The van der Waals surface area contributed by atoms with Crippen molar-refractivity contribution in [3.8, 4) is 5.75 Å². The summed E-state index contributed by atoms with van der Waals surface area (Å²) < 4.78 is 11.9. The van der Waals surface area contributed by atoms with Crippen molar-refractivity contribution in [3.63, 3.8) is 0 Å². The minimum Gasteiger partial charge on any atom is -0.489 e. The molecular formula is C29H34O5. The number of carboxylic acid groups (broad SMARTS) is 1.